The highest BCUT2D eigenvalue weighted by Crippen LogP contribution is 2.45. The molecule has 27 heavy (non-hydrogen) atoms. The van der Waals surface area contributed by atoms with Gasteiger partial charge in [0, 0.05) is 5.56 Å². The van der Waals surface area contributed by atoms with Crippen molar-refractivity contribution in [3.8, 4) is 6.07 Å². The van der Waals surface area contributed by atoms with Gasteiger partial charge < -0.3 is 10.0 Å². The molecule has 0 spiro atoms. The quantitative estimate of drug-likeness (QED) is 0.781. The van der Waals surface area contributed by atoms with E-state index < -0.39 is 5.60 Å². The molecule has 4 rings (SSSR count). The monoisotopic (exact) mass is 354 g/mol. The maximum absolute atomic E-state index is 13.4. The van der Waals surface area contributed by atoms with Gasteiger partial charge in [0.1, 0.15) is 0 Å². The lowest BCUT2D eigenvalue weighted by molar-refractivity contribution is -0.132. The van der Waals surface area contributed by atoms with Gasteiger partial charge in [-0.25, -0.2) is 0 Å². The molecule has 1 aliphatic heterocycles. The first-order valence-electron chi connectivity index (χ1n) is 8.74. The zero-order chi connectivity index (χ0) is 19.0. The van der Waals surface area contributed by atoms with E-state index >= 15 is 0 Å². The number of hydrogen-bond donors (Lipinski definition) is 1. The fourth-order valence-corrected chi connectivity index (χ4v) is 3.66. The van der Waals surface area contributed by atoms with Crippen LogP contribution in [0.15, 0.2) is 72.8 Å². The molecule has 0 saturated heterocycles. The van der Waals surface area contributed by atoms with Crippen molar-refractivity contribution in [1.82, 2.24) is 0 Å². The van der Waals surface area contributed by atoms with Gasteiger partial charge in [0.2, 0.25) is 0 Å². The number of aliphatic hydroxyl groups is 1. The van der Waals surface area contributed by atoms with Crippen molar-refractivity contribution in [3.05, 3.63) is 101 Å². The Labute approximate surface area is 157 Å². The van der Waals surface area contributed by atoms with Crippen LogP contribution in [0.5, 0.6) is 0 Å². The van der Waals surface area contributed by atoms with E-state index in [-0.39, 0.29) is 5.91 Å². The van der Waals surface area contributed by atoms with Gasteiger partial charge in [0.15, 0.2) is 5.60 Å². The number of nitrogens with zero attached hydrogens (tertiary/aromatic N) is 2. The molecular weight excluding hydrogens is 336 g/mol. The highest BCUT2D eigenvalue weighted by atomic mass is 16.3. The van der Waals surface area contributed by atoms with Crippen LogP contribution >= 0.6 is 0 Å². The first-order chi connectivity index (χ1) is 13.0. The van der Waals surface area contributed by atoms with E-state index in [4.69, 9.17) is 5.26 Å². The van der Waals surface area contributed by atoms with Gasteiger partial charge in [-0.3, -0.25) is 4.79 Å². The summed E-state index contributed by atoms with van der Waals surface area (Å²) in [6.07, 6.45) is 0. The van der Waals surface area contributed by atoms with Gasteiger partial charge in [-0.1, -0.05) is 60.2 Å². The smallest absolute Gasteiger partial charge is 0.268 e. The molecule has 0 saturated carbocycles. The van der Waals surface area contributed by atoms with Crippen LogP contribution in [0.3, 0.4) is 0 Å². The predicted octanol–water partition coefficient (Wildman–Crippen LogP) is 3.65. The van der Waals surface area contributed by atoms with E-state index in [1.165, 1.54) is 0 Å². The van der Waals surface area contributed by atoms with Crippen LogP contribution in [-0.2, 0) is 16.9 Å². The Bertz CT molecular complexity index is 1080. The lowest BCUT2D eigenvalue weighted by Gasteiger charge is -2.24. The van der Waals surface area contributed by atoms with Crippen LogP contribution < -0.4 is 4.90 Å². The number of para-hydroxylation sites is 1. The summed E-state index contributed by atoms with van der Waals surface area (Å²) in [7, 11) is 0. The third-order valence-corrected chi connectivity index (χ3v) is 4.97. The number of rotatable bonds is 3. The second kappa shape index (κ2) is 6.39. The molecule has 1 aliphatic rings. The summed E-state index contributed by atoms with van der Waals surface area (Å²) in [5, 5.41) is 20.6. The fourth-order valence-electron chi connectivity index (χ4n) is 3.66. The molecule has 1 atom stereocenters. The molecule has 1 amide bonds. The number of nitriles is 1. The standard InChI is InChI=1S/C23H18N2O2/c1-16-6-4-9-19(12-16)23(27)20-10-2-3-11-21(20)25(22(23)26)15-18-8-5-7-17(13-18)14-24/h2-13,27H,15H2,1H3. The van der Waals surface area contributed by atoms with E-state index in [0.29, 0.717) is 28.9 Å². The molecule has 1 heterocycles. The highest BCUT2D eigenvalue weighted by Gasteiger charge is 2.50. The Balaban J connectivity index is 1.81. The zero-order valence-electron chi connectivity index (χ0n) is 14.9. The molecule has 0 fully saturated rings. The van der Waals surface area contributed by atoms with Crippen LogP contribution in [0.1, 0.15) is 27.8 Å². The first-order valence-corrected chi connectivity index (χ1v) is 8.74. The number of benzene rings is 3. The minimum absolute atomic E-state index is 0.291. The van der Waals surface area contributed by atoms with Gasteiger partial charge in [-0.15, -0.1) is 0 Å². The third kappa shape index (κ3) is 2.69. The molecule has 4 heteroatoms. The van der Waals surface area contributed by atoms with Crippen molar-refractivity contribution >= 4 is 11.6 Å². The Kier molecular flexibility index (Phi) is 4.02. The first kappa shape index (κ1) is 17.0. The molecule has 1 N–H and O–H groups in total. The lowest BCUT2D eigenvalue weighted by atomic mass is 9.87. The number of amides is 1. The van der Waals surface area contributed by atoms with Gasteiger partial charge in [-0.05, 0) is 36.2 Å². The Morgan fingerprint density at radius 1 is 1.04 bits per heavy atom. The van der Waals surface area contributed by atoms with Crippen molar-refractivity contribution in [3.63, 3.8) is 0 Å². The molecule has 1 unspecified atom stereocenters. The molecular formula is C23H18N2O2. The van der Waals surface area contributed by atoms with Crippen molar-refractivity contribution in [2.24, 2.45) is 0 Å². The van der Waals surface area contributed by atoms with Crippen molar-refractivity contribution in [1.29, 1.82) is 5.26 Å². The van der Waals surface area contributed by atoms with Crippen LogP contribution in [0.2, 0.25) is 0 Å². The average molecular weight is 354 g/mol. The number of aryl methyl sites for hydroxylation is 1. The number of anilines is 1. The zero-order valence-corrected chi connectivity index (χ0v) is 14.9. The van der Waals surface area contributed by atoms with Crippen molar-refractivity contribution < 1.29 is 9.90 Å². The number of hydrogen-bond acceptors (Lipinski definition) is 3. The van der Waals surface area contributed by atoms with Gasteiger partial charge in [-0.2, -0.15) is 5.26 Å². The third-order valence-electron chi connectivity index (χ3n) is 4.97. The predicted molar refractivity (Wildman–Crippen MR) is 103 cm³/mol. The minimum Gasteiger partial charge on any atom is -0.372 e. The van der Waals surface area contributed by atoms with Crippen LogP contribution in [0.25, 0.3) is 0 Å². The number of carbonyl (C=O) groups is 1. The van der Waals surface area contributed by atoms with Crippen LogP contribution in [-0.4, -0.2) is 11.0 Å². The SMILES string of the molecule is Cc1cccc(C2(O)C(=O)N(Cc3cccc(C#N)c3)c3ccccc32)c1. The summed E-state index contributed by atoms with van der Waals surface area (Å²) >= 11 is 0. The van der Waals surface area contributed by atoms with E-state index in [2.05, 4.69) is 6.07 Å². The second-order valence-corrected chi connectivity index (χ2v) is 6.80. The number of fused-ring (bicyclic) bond motifs is 1. The molecule has 4 nitrogen and oxygen atoms in total. The van der Waals surface area contributed by atoms with Crippen molar-refractivity contribution in [2.45, 2.75) is 19.1 Å². The van der Waals surface area contributed by atoms with E-state index in [9.17, 15) is 9.90 Å². The summed E-state index contributed by atoms with van der Waals surface area (Å²) < 4.78 is 0. The molecule has 3 aromatic rings. The van der Waals surface area contributed by atoms with Crippen molar-refractivity contribution in [2.75, 3.05) is 4.90 Å². The van der Waals surface area contributed by atoms with E-state index in [0.717, 1.165) is 11.1 Å². The lowest BCUT2D eigenvalue weighted by Crippen LogP contribution is -2.40. The topological polar surface area (TPSA) is 64.3 Å². The minimum atomic E-state index is -1.71. The molecule has 0 aromatic heterocycles. The van der Waals surface area contributed by atoms with Gasteiger partial charge in [0.25, 0.3) is 5.91 Å². The summed E-state index contributed by atoms with van der Waals surface area (Å²) in [5.74, 6) is -0.378. The molecule has 3 aromatic carbocycles. The maximum atomic E-state index is 13.4. The fraction of sp³-hybridized carbons (Fsp3) is 0.130. The Morgan fingerprint density at radius 2 is 1.81 bits per heavy atom. The summed E-state index contributed by atoms with van der Waals surface area (Å²) in [4.78, 5) is 15.0. The molecule has 0 bridgehead atoms. The summed E-state index contributed by atoms with van der Waals surface area (Å²) in [6, 6.07) is 24.0. The molecule has 0 aliphatic carbocycles. The van der Waals surface area contributed by atoms with Crippen LogP contribution in [0, 0.1) is 18.3 Å². The Morgan fingerprint density at radius 3 is 2.59 bits per heavy atom. The summed E-state index contributed by atoms with van der Waals surface area (Å²) in [6.45, 7) is 2.23. The average Bonchev–Trinajstić information content (AvgIpc) is 2.91. The van der Waals surface area contributed by atoms with Gasteiger partial charge in [0.05, 0.1) is 23.9 Å². The van der Waals surface area contributed by atoms with E-state index in [1.807, 2.05) is 49.4 Å². The Hall–Kier alpha value is -3.42. The highest BCUT2D eigenvalue weighted by molar-refractivity contribution is 6.09. The molecule has 132 valence electrons. The summed E-state index contributed by atoms with van der Waals surface area (Å²) in [5.41, 5.74) is 2.48. The normalized spacial score (nSPS) is 18.3. The van der Waals surface area contributed by atoms with Gasteiger partial charge >= 0.3 is 0 Å². The largest absolute Gasteiger partial charge is 0.372 e. The number of carbonyl (C=O) groups excluding carboxylic acids is 1. The second-order valence-electron chi connectivity index (χ2n) is 6.80. The molecule has 0 radical (unpaired) electrons. The maximum Gasteiger partial charge on any atom is 0.268 e. The van der Waals surface area contributed by atoms with E-state index in [1.54, 1.807) is 35.2 Å². The van der Waals surface area contributed by atoms with Crippen LogP contribution in [0.4, 0.5) is 5.69 Å².